The van der Waals surface area contributed by atoms with Crippen LogP contribution in [0, 0.1) is 5.82 Å². The number of hydrogen-bond acceptors (Lipinski definition) is 5. The molecule has 0 fully saturated rings. The van der Waals surface area contributed by atoms with Crippen LogP contribution in [-0.2, 0) is 0 Å². The Morgan fingerprint density at radius 2 is 1.84 bits per heavy atom. The number of rotatable bonds is 5. The normalized spacial score (nSPS) is 11.4. The highest BCUT2D eigenvalue weighted by atomic mass is 35.5. The van der Waals surface area contributed by atoms with Gasteiger partial charge in [-0.3, -0.25) is 14.6 Å². The maximum absolute atomic E-state index is 13.4. The fourth-order valence-electron chi connectivity index (χ4n) is 2.93. The van der Waals surface area contributed by atoms with Gasteiger partial charge in [-0.1, -0.05) is 23.7 Å². The summed E-state index contributed by atoms with van der Waals surface area (Å²) in [6.45, 7) is 1.74. The minimum Gasteiger partial charge on any atom is -0.322 e. The zero-order valence-corrected chi connectivity index (χ0v) is 18.3. The first-order valence-corrected chi connectivity index (χ1v) is 10.7. The van der Waals surface area contributed by atoms with E-state index in [4.69, 9.17) is 11.6 Å². The van der Waals surface area contributed by atoms with Gasteiger partial charge in [-0.15, -0.1) is 11.3 Å². The Hall–Kier alpha value is -3.62. The molecule has 0 unspecified atom stereocenters. The average molecular weight is 467 g/mol. The first-order valence-electron chi connectivity index (χ1n) is 9.46. The lowest BCUT2D eigenvalue weighted by Gasteiger charge is -2.07. The monoisotopic (exact) mass is 466 g/mol. The molecule has 6 nitrogen and oxygen atoms in total. The van der Waals surface area contributed by atoms with Crippen LogP contribution in [0.15, 0.2) is 72.1 Å². The van der Waals surface area contributed by atoms with Gasteiger partial charge >= 0.3 is 0 Å². The number of thiophene rings is 1. The van der Waals surface area contributed by atoms with Gasteiger partial charge in [-0.05, 0) is 55.0 Å². The summed E-state index contributed by atoms with van der Waals surface area (Å²) in [5.74, 6) is -1.13. The zero-order valence-electron chi connectivity index (χ0n) is 16.7. The predicted octanol–water partition coefficient (Wildman–Crippen LogP) is 5.50. The van der Waals surface area contributed by atoms with Gasteiger partial charge in [0, 0.05) is 28.2 Å². The lowest BCUT2D eigenvalue weighted by molar-refractivity contribution is 0.0958. The third-order valence-corrected chi connectivity index (χ3v) is 6.26. The van der Waals surface area contributed by atoms with E-state index in [9.17, 15) is 14.0 Å². The third kappa shape index (κ3) is 4.66. The maximum Gasteiger partial charge on any atom is 0.283 e. The molecule has 2 N–H and O–H groups in total. The van der Waals surface area contributed by atoms with Crippen molar-refractivity contribution in [1.29, 1.82) is 0 Å². The summed E-state index contributed by atoms with van der Waals surface area (Å²) in [7, 11) is 0. The highest BCUT2D eigenvalue weighted by molar-refractivity contribution is 7.21. The maximum atomic E-state index is 13.4. The van der Waals surface area contributed by atoms with Crippen molar-refractivity contribution in [3.63, 3.8) is 0 Å². The van der Waals surface area contributed by atoms with Crippen molar-refractivity contribution in [2.45, 2.75) is 6.92 Å². The van der Waals surface area contributed by atoms with Gasteiger partial charge in [-0.2, -0.15) is 5.10 Å². The molecule has 0 atom stereocenters. The summed E-state index contributed by atoms with van der Waals surface area (Å²) in [6, 6.07) is 14.6. The first-order chi connectivity index (χ1) is 15.4. The number of amides is 2. The molecule has 0 bridgehead atoms. The zero-order chi connectivity index (χ0) is 22.7. The number of pyridine rings is 1. The van der Waals surface area contributed by atoms with E-state index in [1.165, 1.54) is 18.3 Å². The Morgan fingerprint density at radius 1 is 1.06 bits per heavy atom. The van der Waals surface area contributed by atoms with E-state index in [1.54, 1.807) is 55.6 Å². The van der Waals surface area contributed by atoms with Crippen molar-refractivity contribution in [3.05, 3.63) is 93.8 Å². The molecule has 2 aromatic heterocycles. The van der Waals surface area contributed by atoms with E-state index >= 15 is 0 Å². The molecule has 2 heterocycles. The highest BCUT2D eigenvalue weighted by Gasteiger charge is 2.17. The minimum absolute atomic E-state index is 0.261. The summed E-state index contributed by atoms with van der Waals surface area (Å²) in [5, 5.41) is 7.81. The van der Waals surface area contributed by atoms with Crippen molar-refractivity contribution < 1.29 is 14.0 Å². The number of aromatic nitrogens is 1. The molecule has 9 heteroatoms. The largest absolute Gasteiger partial charge is 0.322 e. The van der Waals surface area contributed by atoms with Crippen molar-refractivity contribution in [1.82, 2.24) is 10.4 Å². The second-order valence-corrected chi connectivity index (χ2v) is 8.23. The molecule has 0 spiro atoms. The van der Waals surface area contributed by atoms with Gasteiger partial charge in [0.15, 0.2) is 0 Å². The first kappa shape index (κ1) is 21.6. The second kappa shape index (κ2) is 9.25. The number of nitrogens with zero attached hydrogens (tertiary/aromatic N) is 2. The summed E-state index contributed by atoms with van der Waals surface area (Å²) in [6.07, 6.45) is 3.09. The molecular weight excluding hydrogens is 451 g/mol. The van der Waals surface area contributed by atoms with Crippen LogP contribution in [0.25, 0.3) is 10.1 Å². The van der Waals surface area contributed by atoms with Gasteiger partial charge in [0.25, 0.3) is 11.8 Å². The van der Waals surface area contributed by atoms with E-state index in [0.29, 0.717) is 27.0 Å². The number of halogens is 2. The van der Waals surface area contributed by atoms with Crippen LogP contribution < -0.4 is 10.7 Å². The fourth-order valence-corrected chi connectivity index (χ4v) is 4.36. The molecule has 160 valence electrons. The Morgan fingerprint density at radius 3 is 2.56 bits per heavy atom. The van der Waals surface area contributed by atoms with Crippen LogP contribution in [0.3, 0.4) is 0 Å². The predicted molar refractivity (Wildman–Crippen MR) is 125 cm³/mol. The summed E-state index contributed by atoms with van der Waals surface area (Å²) in [4.78, 5) is 28.9. The van der Waals surface area contributed by atoms with Crippen LogP contribution in [0.5, 0.6) is 0 Å². The quantitative estimate of drug-likeness (QED) is 0.301. The molecule has 0 aliphatic carbocycles. The van der Waals surface area contributed by atoms with E-state index in [-0.39, 0.29) is 15.8 Å². The topological polar surface area (TPSA) is 83.5 Å². The van der Waals surface area contributed by atoms with E-state index < -0.39 is 11.7 Å². The van der Waals surface area contributed by atoms with Crippen molar-refractivity contribution in [3.8, 4) is 0 Å². The molecule has 0 saturated carbocycles. The lowest BCUT2D eigenvalue weighted by atomic mass is 10.1. The molecule has 2 amide bonds. The number of hydrogen-bond donors (Lipinski definition) is 2. The fraction of sp³-hybridized carbons (Fsp3) is 0.0435. The number of benzene rings is 2. The van der Waals surface area contributed by atoms with Gasteiger partial charge in [-0.25, -0.2) is 9.82 Å². The van der Waals surface area contributed by atoms with E-state index in [0.717, 1.165) is 16.9 Å². The smallest absolute Gasteiger partial charge is 0.283 e. The van der Waals surface area contributed by atoms with Crippen LogP contribution >= 0.6 is 22.9 Å². The molecule has 0 aliphatic heterocycles. The molecule has 2 aromatic carbocycles. The number of fused-ring (bicyclic) bond motifs is 1. The number of hydrazone groups is 1. The van der Waals surface area contributed by atoms with Crippen LogP contribution in [-0.4, -0.2) is 22.5 Å². The van der Waals surface area contributed by atoms with Crippen LogP contribution in [0.2, 0.25) is 5.02 Å². The van der Waals surface area contributed by atoms with Crippen LogP contribution in [0.1, 0.15) is 32.5 Å². The van der Waals surface area contributed by atoms with Crippen molar-refractivity contribution in [2.75, 3.05) is 5.32 Å². The molecule has 0 aliphatic rings. The summed E-state index contributed by atoms with van der Waals surface area (Å²) >= 11 is 7.38. The Balaban J connectivity index is 1.43. The standard InChI is InChI=1S/C23H16ClFN4O2S/c1-13(14-4-7-17(8-5-14)27-22(30)15-3-2-10-26-12-15)28-29-23(31)21-20(24)18-9-6-16(25)11-19(18)32-21/h2-12H,1H3,(H,27,30)(H,29,31)/b28-13+. The van der Waals surface area contributed by atoms with Crippen LogP contribution in [0.4, 0.5) is 10.1 Å². The van der Waals surface area contributed by atoms with Gasteiger partial charge < -0.3 is 5.32 Å². The van der Waals surface area contributed by atoms with E-state index in [2.05, 4.69) is 20.8 Å². The Kier molecular flexibility index (Phi) is 6.25. The SMILES string of the molecule is C/C(=N\NC(=O)c1sc2cc(F)ccc2c1Cl)c1ccc(NC(=O)c2cccnc2)cc1. The Labute approximate surface area is 191 Å². The average Bonchev–Trinajstić information content (AvgIpc) is 3.13. The van der Waals surface area contributed by atoms with Gasteiger partial charge in [0.1, 0.15) is 10.7 Å². The number of carbonyl (C=O) groups excluding carboxylic acids is 2. The molecule has 4 rings (SSSR count). The summed E-state index contributed by atoms with van der Waals surface area (Å²) in [5.41, 5.74) is 4.88. The molecule has 4 aromatic rings. The highest BCUT2D eigenvalue weighted by Crippen LogP contribution is 2.35. The molecule has 32 heavy (non-hydrogen) atoms. The number of anilines is 1. The van der Waals surface area contributed by atoms with E-state index in [1.807, 2.05) is 0 Å². The number of nitrogens with one attached hydrogen (secondary N) is 2. The number of carbonyl (C=O) groups is 2. The van der Waals surface area contributed by atoms with Crippen molar-refractivity contribution in [2.24, 2.45) is 5.10 Å². The molecular formula is C23H16ClFN4O2S. The van der Waals surface area contributed by atoms with Crippen molar-refractivity contribution >= 4 is 56.2 Å². The van der Waals surface area contributed by atoms with Gasteiger partial charge in [0.05, 0.1) is 16.3 Å². The minimum atomic E-state index is -0.476. The second-order valence-electron chi connectivity index (χ2n) is 6.80. The molecule has 0 radical (unpaired) electrons. The molecule has 0 saturated heterocycles. The summed E-state index contributed by atoms with van der Waals surface area (Å²) < 4.78 is 14.0. The van der Waals surface area contributed by atoms with Gasteiger partial charge in [0.2, 0.25) is 0 Å². The Bertz CT molecular complexity index is 1340. The third-order valence-electron chi connectivity index (χ3n) is 4.61. The lowest BCUT2D eigenvalue weighted by Crippen LogP contribution is -2.18.